The minimum atomic E-state index is -4.95. The highest BCUT2D eigenvalue weighted by atomic mass is 31.2. The Hall–Kier alpha value is -1.94. The van der Waals surface area contributed by atoms with Crippen molar-refractivity contribution in [3.05, 3.63) is 0 Å². The first kappa shape index (κ1) is 88.1. The Morgan fingerprint density at radius 1 is 0.300 bits per heavy atom. The summed E-state index contributed by atoms with van der Waals surface area (Å²) in [6, 6.07) is 0. The van der Waals surface area contributed by atoms with Crippen LogP contribution in [0.15, 0.2) is 0 Å². The maximum Gasteiger partial charge on any atom is 0.472 e. The fraction of sp³-hybridized carbons (Fsp3) is 0.944. The van der Waals surface area contributed by atoms with Gasteiger partial charge in [-0.25, -0.2) is 9.13 Å². The van der Waals surface area contributed by atoms with Crippen LogP contribution in [0, 0.1) is 11.8 Å². The number of phosphoric acid groups is 2. The molecule has 0 fully saturated rings. The van der Waals surface area contributed by atoms with Crippen molar-refractivity contribution in [3.8, 4) is 0 Å². The monoisotopic (exact) mass is 1320 g/mol. The van der Waals surface area contributed by atoms with Crippen molar-refractivity contribution >= 4 is 39.5 Å². The minimum absolute atomic E-state index is 0.106. The molecule has 0 saturated carbocycles. The first-order valence-corrected chi connectivity index (χ1v) is 40.0. The normalized spacial score (nSPS) is 14.1. The van der Waals surface area contributed by atoms with Crippen molar-refractivity contribution in [1.82, 2.24) is 0 Å². The number of carbonyl (C=O) groups excluding carboxylic acids is 4. The van der Waals surface area contributed by atoms with Gasteiger partial charge in [-0.2, -0.15) is 0 Å². The molecule has 0 amide bonds. The first-order chi connectivity index (χ1) is 43.4. The minimum Gasteiger partial charge on any atom is -0.462 e. The van der Waals surface area contributed by atoms with E-state index in [9.17, 15) is 43.2 Å². The lowest BCUT2D eigenvalue weighted by molar-refractivity contribution is -0.161. The lowest BCUT2D eigenvalue weighted by Crippen LogP contribution is -2.30. The zero-order valence-corrected chi connectivity index (χ0v) is 60.2. The largest absolute Gasteiger partial charge is 0.472 e. The Morgan fingerprint density at radius 3 is 0.756 bits per heavy atom. The average molecular weight is 1330 g/mol. The van der Waals surface area contributed by atoms with Crippen LogP contribution in [0.25, 0.3) is 0 Å². The van der Waals surface area contributed by atoms with E-state index in [4.69, 9.17) is 37.0 Å². The lowest BCUT2D eigenvalue weighted by Gasteiger charge is -2.21. The molecule has 0 aromatic carbocycles. The molecule has 534 valence electrons. The van der Waals surface area contributed by atoms with Crippen LogP contribution in [0.5, 0.6) is 0 Å². The van der Waals surface area contributed by atoms with Gasteiger partial charge in [-0.3, -0.25) is 37.3 Å². The van der Waals surface area contributed by atoms with E-state index in [0.29, 0.717) is 31.6 Å². The molecule has 0 heterocycles. The van der Waals surface area contributed by atoms with Crippen LogP contribution in [0.2, 0.25) is 0 Å². The van der Waals surface area contributed by atoms with E-state index in [2.05, 4.69) is 41.5 Å². The third kappa shape index (κ3) is 64.8. The van der Waals surface area contributed by atoms with Crippen molar-refractivity contribution in [2.75, 3.05) is 39.6 Å². The SMILES string of the molecule is CCCCCCCCCCCCCCCCCC(=O)OC[C@H](COP(=O)(O)OC[C@@H](O)COP(=O)(O)OC[C@@H](COC(=O)CCCCCCCCC(C)C)OC(=O)CCCCCCCCCCCCC)OC(=O)CCCCCCCCCCCCCCC(C)C. The van der Waals surface area contributed by atoms with E-state index in [1.165, 1.54) is 173 Å². The standard InChI is InChI=1S/C71H138O17P2/c1-7-9-11-13-15-17-19-20-21-22-27-30-34-41-47-53-68(73)81-59-66(87-71(76)56-50-44-36-32-28-24-23-26-29-33-39-45-51-63(3)4)61-85-89(77,78)83-57-65(72)58-84-90(79,80)86-62-67(60-82-69(74)54-48-42-38-37-40-46-52-64(5)6)88-70(75)55-49-43-35-31-25-18-16-14-12-10-8-2/h63-67,72H,7-62H2,1-6H3,(H,77,78)(H,79,80)/t65-,66-,67-/m1/s1. The number of hydrogen-bond donors (Lipinski definition) is 3. The number of carbonyl (C=O) groups is 4. The predicted molar refractivity (Wildman–Crippen MR) is 363 cm³/mol. The molecule has 17 nitrogen and oxygen atoms in total. The highest BCUT2D eigenvalue weighted by molar-refractivity contribution is 7.47. The maximum atomic E-state index is 13.0. The molecule has 5 atom stereocenters. The van der Waals surface area contributed by atoms with Crippen LogP contribution in [0.1, 0.15) is 363 Å². The number of hydrogen-bond acceptors (Lipinski definition) is 15. The van der Waals surface area contributed by atoms with Gasteiger partial charge >= 0.3 is 39.5 Å². The fourth-order valence-corrected chi connectivity index (χ4v) is 12.3. The highest BCUT2D eigenvalue weighted by Crippen LogP contribution is 2.45. The van der Waals surface area contributed by atoms with Crippen LogP contribution in [0.3, 0.4) is 0 Å². The summed E-state index contributed by atoms with van der Waals surface area (Å²) in [5.74, 6) is -0.667. The summed E-state index contributed by atoms with van der Waals surface area (Å²) in [6.45, 7) is 9.48. The molecule has 0 bridgehead atoms. The van der Waals surface area contributed by atoms with Gasteiger partial charge in [-0.15, -0.1) is 0 Å². The summed E-state index contributed by atoms with van der Waals surface area (Å²) in [6.07, 6.45) is 48.6. The van der Waals surface area contributed by atoms with E-state index in [-0.39, 0.29) is 25.7 Å². The predicted octanol–water partition coefficient (Wildman–Crippen LogP) is 20.4. The number of esters is 4. The summed E-state index contributed by atoms with van der Waals surface area (Å²) >= 11 is 0. The Labute approximate surface area is 549 Å². The Morgan fingerprint density at radius 2 is 0.511 bits per heavy atom. The Bertz CT molecular complexity index is 1750. The molecule has 0 radical (unpaired) electrons. The van der Waals surface area contributed by atoms with Crippen molar-refractivity contribution in [3.63, 3.8) is 0 Å². The van der Waals surface area contributed by atoms with Crippen LogP contribution >= 0.6 is 15.6 Å². The molecule has 0 aromatic rings. The van der Waals surface area contributed by atoms with E-state index >= 15 is 0 Å². The third-order valence-electron chi connectivity index (χ3n) is 16.5. The van der Waals surface area contributed by atoms with Gasteiger partial charge in [0.25, 0.3) is 0 Å². The summed E-state index contributed by atoms with van der Waals surface area (Å²) in [5, 5.41) is 10.6. The molecular weight excluding hydrogens is 1190 g/mol. The van der Waals surface area contributed by atoms with E-state index in [1.807, 2.05) is 0 Å². The average Bonchev–Trinajstić information content (AvgIpc) is 2.78. The summed E-state index contributed by atoms with van der Waals surface area (Å²) in [7, 11) is -9.90. The van der Waals surface area contributed by atoms with Crippen molar-refractivity contribution in [2.45, 2.75) is 381 Å². The first-order valence-electron chi connectivity index (χ1n) is 37.0. The molecule has 90 heavy (non-hydrogen) atoms. The zero-order valence-electron chi connectivity index (χ0n) is 58.4. The van der Waals surface area contributed by atoms with Crippen molar-refractivity contribution in [1.29, 1.82) is 0 Å². The van der Waals surface area contributed by atoms with E-state index < -0.39 is 97.5 Å². The Kier molecular flexibility index (Phi) is 61.8. The quantitative estimate of drug-likeness (QED) is 0.0222. The third-order valence-corrected chi connectivity index (χ3v) is 18.4. The number of ether oxygens (including phenoxy) is 4. The van der Waals surface area contributed by atoms with Gasteiger partial charge in [0, 0.05) is 25.7 Å². The second-order valence-corrected chi connectivity index (χ2v) is 29.5. The molecule has 0 aliphatic heterocycles. The molecule has 0 aliphatic carbocycles. The topological polar surface area (TPSA) is 237 Å². The van der Waals surface area contributed by atoms with Crippen LogP contribution < -0.4 is 0 Å². The van der Waals surface area contributed by atoms with Gasteiger partial charge in [0.05, 0.1) is 26.4 Å². The number of unbranched alkanes of at least 4 members (excludes halogenated alkanes) is 40. The molecule has 0 rings (SSSR count). The smallest absolute Gasteiger partial charge is 0.462 e. The summed E-state index contributed by atoms with van der Waals surface area (Å²) in [4.78, 5) is 72.5. The molecule has 2 unspecified atom stereocenters. The second-order valence-electron chi connectivity index (χ2n) is 26.6. The number of phosphoric ester groups is 2. The molecule has 3 N–H and O–H groups in total. The van der Waals surface area contributed by atoms with Crippen LogP contribution in [-0.4, -0.2) is 96.7 Å². The van der Waals surface area contributed by atoms with Crippen molar-refractivity contribution in [2.24, 2.45) is 11.8 Å². The van der Waals surface area contributed by atoms with E-state index in [0.717, 1.165) is 102 Å². The van der Waals surface area contributed by atoms with Gasteiger partial charge in [-0.1, -0.05) is 311 Å². The van der Waals surface area contributed by atoms with Crippen LogP contribution in [0.4, 0.5) is 0 Å². The lowest BCUT2D eigenvalue weighted by atomic mass is 10.0. The summed E-state index contributed by atoms with van der Waals surface area (Å²) in [5.41, 5.74) is 0. The number of aliphatic hydroxyl groups excluding tert-OH is 1. The van der Waals surface area contributed by atoms with Gasteiger partial charge in [0.1, 0.15) is 19.3 Å². The molecule has 0 aliphatic rings. The molecule has 0 saturated heterocycles. The maximum absolute atomic E-state index is 13.0. The highest BCUT2D eigenvalue weighted by Gasteiger charge is 2.30. The van der Waals surface area contributed by atoms with Gasteiger partial charge in [-0.05, 0) is 37.5 Å². The number of aliphatic hydroxyl groups is 1. The molecule has 0 spiro atoms. The van der Waals surface area contributed by atoms with Gasteiger partial charge in [0.2, 0.25) is 0 Å². The number of rotatable bonds is 70. The Balaban J connectivity index is 5.23. The van der Waals surface area contributed by atoms with Crippen molar-refractivity contribution < 1.29 is 80.2 Å². The second kappa shape index (κ2) is 63.1. The summed E-state index contributed by atoms with van der Waals surface area (Å²) < 4.78 is 68.3. The molecule has 0 aromatic heterocycles. The van der Waals surface area contributed by atoms with Crippen LogP contribution in [-0.2, 0) is 65.4 Å². The van der Waals surface area contributed by atoms with Gasteiger partial charge < -0.3 is 33.8 Å². The molecular formula is C71H138O17P2. The van der Waals surface area contributed by atoms with E-state index in [1.54, 1.807) is 0 Å². The molecule has 19 heteroatoms. The zero-order chi connectivity index (χ0) is 66.5. The fourth-order valence-electron chi connectivity index (χ4n) is 10.8. The van der Waals surface area contributed by atoms with Gasteiger partial charge in [0.15, 0.2) is 12.2 Å².